The first-order valence-corrected chi connectivity index (χ1v) is 11.2. The summed E-state index contributed by atoms with van der Waals surface area (Å²) in [5, 5.41) is 0. The van der Waals surface area contributed by atoms with E-state index in [1.807, 2.05) is 0 Å². The minimum Gasteiger partial charge on any atom is -0.223 e. The predicted octanol–water partition coefficient (Wildman–Crippen LogP) is 3.01. The highest BCUT2D eigenvalue weighted by Gasteiger charge is 2.37. The summed E-state index contributed by atoms with van der Waals surface area (Å²) in [5.74, 6) is 0. The van der Waals surface area contributed by atoms with E-state index in [1.54, 1.807) is 75.4 Å². The molecular formula is C18H23NO4S2. The molecule has 5 nitrogen and oxygen atoms in total. The molecule has 136 valence electrons. The lowest BCUT2D eigenvalue weighted by atomic mass is 9.99. The summed E-state index contributed by atoms with van der Waals surface area (Å²) in [7, 11) is -6.88. The van der Waals surface area contributed by atoms with Crippen LogP contribution in [0, 0.1) is 0 Å². The quantitative estimate of drug-likeness (QED) is 0.834. The van der Waals surface area contributed by atoms with Crippen molar-refractivity contribution in [2.45, 2.75) is 36.5 Å². The summed E-state index contributed by atoms with van der Waals surface area (Å²) in [6.07, 6.45) is 1.10. The first-order valence-electron chi connectivity index (χ1n) is 7.82. The standard InChI is InChI=1S/C18H23NO4S2/c1-14(19-24(4,20)21)15-10-12-16(13-11-15)18(2,3)25(22,23)17-8-6-5-7-9-17/h5-14,19H,1-4H3/t14-/m1/s1. The smallest absolute Gasteiger partial charge is 0.209 e. The molecule has 0 saturated heterocycles. The lowest BCUT2D eigenvalue weighted by molar-refractivity contribution is 0.555. The zero-order chi connectivity index (χ0) is 18.9. The zero-order valence-corrected chi connectivity index (χ0v) is 16.4. The molecule has 0 spiro atoms. The van der Waals surface area contributed by atoms with Crippen LogP contribution in [-0.4, -0.2) is 23.1 Å². The molecule has 25 heavy (non-hydrogen) atoms. The third-order valence-electron chi connectivity index (χ3n) is 4.22. The number of rotatable bonds is 6. The molecule has 0 saturated carbocycles. The van der Waals surface area contributed by atoms with Crippen LogP contribution in [-0.2, 0) is 24.6 Å². The number of sulfonamides is 1. The molecule has 7 heteroatoms. The van der Waals surface area contributed by atoms with E-state index in [-0.39, 0.29) is 4.90 Å². The highest BCUT2D eigenvalue weighted by Crippen LogP contribution is 2.35. The Labute approximate surface area is 150 Å². The molecule has 0 aromatic heterocycles. The maximum Gasteiger partial charge on any atom is 0.209 e. The lowest BCUT2D eigenvalue weighted by Gasteiger charge is -2.26. The Morgan fingerprint density at radius 2 is 1.40 bits per heavy atom. The van der Waals surface area contributed by atoms with Crippen molar-refractivity contribution in [3.05, 3.63) is 65.7 Å². The third-order valence-corrected chi connectivity index (χ3v) is 7.48. The number of sulfone groups is 1. The van der Waals surface area contributed by atoms with E-state index in [2.05, 4.69) is 4.72 Å². The van der Waals surface area contributed by atoms with Crippen molar-refractivity contribution in [3.8, 4) is 0 Å². The minimum atomic E-state index is -3.56. The summed E-state index contributed by atoms with van der Waals surface area (Å²) >= 11 is 0. The number of hydrogen-bond acceptors (Lipinski definition) is 4. The molecule has 0 amide bonds. The van der Waals surface area contributed by atoms with Gasteiger partial charge in [-0.25, -0.2) is 21.6 Å². The summed E-state index contributed by atoms with van der Waals surface area (Å²) in [6.45, 7) is 5.08. The van der Waals surface area contributed by atoms with Crippen molar-refractivity contribution in [1.82, 2.24) is 4.72 Å². The topological polar surface area (TPSA) is 80.3 Å². The Morgan fingerprint density at radius 1 is 0.880 bits per heavy atom. The molecule has 2 aromatic carbocycles. The normalized spacial score (nSPS) is 14.2. The van der Waals surface area contributed by atoms with E-state index in [0.29, 0.717) is 5.56 Å². The highest BCUT2D eigenvalue weighted by molar-refractivity contribution is 7.92. The predicted molar refractivity (Wildman–Crippen MR) is 99.5 cm³/mol. The van der Waals surface area contributed by atoms with Crippen LogP contribution in [0.3, 0.4) is 0 Å². The monoisotopic (exact) mass is 381 g/mol. The van der Waals surface area contributed by atoms with Crippen LogP contribution in [0.5, 0.6) is 0 Å². The molecule has 2 aromatic rings. The fourth-order valence-electron chi connectivity index (χ4n) is 2.61. The van der Waals surface area contributed by atoms with Gasteiger partial charge < -0.3 is 0 Å². The second-order valence-electron chi connectivity index (χ2n) is 6.56. The van der Waals surface area contributed by atoms with Crippen LogP contribution in [0.4, 0.5) is 0 Å². The number of nitrogens with one attached hydrogen (secondary N) is 1. The van der Waals surface area contributed by atoms with Gasteiger partial charge in [-0.15, -0.1) is 0 Å². The zero-order valence-electron chi connectivity index (χ0n) is 14.7. The van der Waals surface area contributed by atoms with Gasteiger partial charge in [-0.3, -0.25) is 0 Å². The van der Waals surface area contributed by atoms with E-state index in [1.165, 1.54) is 0 Å². The molecule has 0 radical (unpaired) electrons. The summed E-state index contributed by atoms with van der Waals surface area (Å²) in [5.41, 5.74) is 1.41. The van der Waals surface area contributed by atoms with Crippen LogP contribution < -0.4 is 4.72 Å². The van der Waals surface area contributed by atoms with Crippen LogP contribution in [0.25, 0.3) is 0 Å². The molecule has 0 heterocycles. The van der Waals surface area contributed by atoms with E-state index in [9.17, 15) is 16.8 Å². The maximum absolute atomic E-state index is 13.0. The summed E-state index contributed by atoms with van der Waals surface area (Å²) in [4.78, 5) is 0.274. The van der Waals surface area contributed by atoms with E-state index < -0.39 is 30.6 Å². The minimum absolute atomic E-state index is 0.274. The molecule has 1 atom stereocenters. The lowest BCUT2D eigenvalue weighted by Crippen LogP contribution is -2.29. The Bertz CT molecular complexity index is 932. The molecule has 0 aliphatic heterocycles. The van der Waals surface area contributed by atoms with E-state index in [0.717, 1.165) is 11.8 Å². The fourth-order valence-corrected chi connectivity index (χ4v) is 4.94. The van der Waals surface area contributed by atoms with Gasteiger partial charge >= 0.3 is 0 Å². The SMILES string of the molecule is C[C@@H](NS(C)(=O)=O)c1ccc(C(C)(C)S(=O)(=O)c2ccccc2)cc1. The largest absolute Gasteiger partial charge is 0.223 e. The van der Waals surface area contributed by atoms with Crippen LogP contribution in [0.1, 0.15) is 37.9 Å². The van der Waals surface area contributed by atoms with Gasteiger partial charge in [-0.05, 0) is 44.0 Å². The van der Waals surface area contributed by atoms with Crippen molar-refractivity contribution in [3.63, 3.8) is 0 Å². The summed E-state index contributed by atoms with van der Waals surface area (Å²) < 4.78 is 50.0. The second-order valence-corrected chi connectivity index (χ2v) is 10.8. The number of benzene rings is 2. The maximum atomic E-state index is 13.0. The van der Waals surface area contributed by atoms with Gasteiger partial charge in [0.25, 0.3) is 0 Å². The molecular weight excluding hydrogens is 358 g/mol. The Morgan fingerprint density at radius 3 is 1.88 bits per heavy atom. The first kappa shape index (κ1) is 19.6. The molecule has 0 aliphatic rings. The van der Waals surface area contributed by atoms with Crippen LogP contribution in [0.15, 0.2) is 59.5 Å². The fraction of sp³-hybridized carbons (Fsp3) is 0.333. The van der Waals surface area contributed by atoms with Gasteiger partial charge in [0.1, 0.15) is 0 Å². The van der Waals surface area contributed by atoms with Crippen LogP contribution in [0.2, 0.25) is 0 Å². The Hall–Kier alpha value is -1.70. The average molecular weight is 382 g/mol. The van der Waals surface area contributed by atoms with Crippen molar-refractivity contribution < 1.29 is 16.8 Å². The van der Waals surface area contributed by atoms with E-state index >= 15 is 0 Å². The highest BCUT2D eigenvalue weighted by atomic mass is 32.2. The van der Waals surface area contributed by atoms with Gasteiger partial charge in [0.15, 0.2) is 9.84 Å². The molecule has 2 rings (SSSR count). The Kier molecular flexibility index (Phi) is 5.41. The van der Waals surface area contributed by atoms with Gasteiger partial charge in [-0.2, -0.15) is 0 Å². The molecule has 1 N–H and O–H groups in total. The van der Waals surface area contributed by atoms with Gasteiger partial charge in [0.05, 0.1) is 15.9 Å². The number of hydrogen-bond donors (Lipinski definition) is 1. The molecule has 0 fully saturated rings. The van der Waals surface area contributed by atoms with Gasteiger partial charge in [-0.1, -0.05) is 42.5 Å². The van der Waals surface area contributed by atoms with Crippen molar-refractivity contribution in [1.29, 1.82) is 0 Å². The first-order chi connectivity index (χ1) is 11.4. The molecule has 0 aliphatic carbocycles. The molecule has 0 unspecified atom stereocenters. The average Bonchev–Trinajstić information content (AvgIpc) is 2.54. The third kappa shape index (κ3) is 4.29. The molecule has 0 bridgehead atoms. The van der Waals surface area contributed by atoms with Gasteiger partial charge in [0.2, 0.25) is 10.0 Å². The van der Waals surface area contributed by atoms with E-state index in [4.69, 9.17) is 0 Å². The van der Waals surface area contributed by atoms with Gasteiger partial charge in [0, 0.05) is 6.04 Å². The van der Waals surface area contributed by atoms with Crippen molar-refractivity contribution in [2.75, 3.05) is 6.26 Å². The van der Waals surface area contributed by atoms with Crippen LogP contribution >= 0.6 is 0 Å². The summed E-state index contributed by atoms with van der Waals surface area (Å²) in [6, 6.07) is 14.9. The van der Waals surface area contributed by atoms with Crippen molar-refractivity contribution in [2.24, 2.45) is 0 Å². The second kappa shape index (κ2) is 6.90. The Balaban J connectivity index is 2.35. The van der Waals surface area contributed by atoms with Crippen molar-refractivity contribution >= 4 is 19.9 Å².